The minimum atomic E-state index is -6.98. The lowest BCUT2D eigenvalue weighted by Gasteiger charge is -2.32. The summed E-state index contributed by atoms with van der Waals surface area (Å²) in [5.41, 5.74) is 0. The predicted molar refractivity (Wildman–Crippen MR) is 60.4 cm³/mol. The molecule has 0 heterocycles. The van der Waals surface area contributed by atoms with E-state index in [4.69, 9.17) is 4.55 Å². The van der Waals surface area contributed by atoms with E-state index in [0.717, 1.165) is 0 Å². The van der Waals surface area contributed by atoms with Crippen molar-refractivity contribution in [3.05, 3.63) is 0 Å². The lowest BCUT2D eigenvalue weighted by atomic mass is 10.0. The molecule has 24 heavy (non-hydrogen) atoms. The van der Waals surface area contributed by atoms with E-state index < -0.39 is 71.7 Å². The summed E-state index contributed by atoms with van der Waals surface area (Å²) in [5.74, 6) is -13.0. The molecule has 0 aliphatic rings. The Hall–Kier alpha value is -0.790. The standard InChI is InChI=1S/C10H12F10O3S/c11-6(4-2-1-3-5-7(12,13)14)8(15,16)9(17,18)10(19,20)24(21,22)23/h6H,1-5H2,(H,21,22,23). The third-order valence-corrected chi connectivity index (χ3v) is 3.82. The summed E-state index contributed by atoms with van der Waals surface area (Å²) in [6.45, 7) is 0. The molecule has 3 nitrogen and oxygen atoms in total. The SMILES string of the molecule is O=S(=O)(O)C(F)(F)C(F)(F)C(F)(F)C(F)CCCCCC(F)(F)F. The maximum absolute atomic E-state index is 13.2. The molecule has 0 aromatic heterocycles. The van der Waals surface area contributed by atoms with Crippen molar-refractivity contribution < 1.29 is 56.9 Å². The van der Waals surface area contributed by atoms with Gasteiger partial charge in [-0.05, 0) is 12.8 Å². The van der Waals surface area contributed by atoms with Crippen LogP contribution < -0.4 is 0 Å². The van der Waals surface area contributed by atoms with Crippen molar-refractivity contribution in [3.8, 4) is 0 Å². The van der Waals surface area contributed by atoms with Gasteiger partial charge in [-0.2, -0.15) is 47.9 Å². The summed E-state index contributed by atoms with van der Waals surface area (Å²) >= 11 is 0. The van der Waals surface area contributed by atoms with E-state index in [1.165, 1.54) is 0 Å². The first-order valence-electron chi connectivity index (χ1n) is 6.19. The Kier molecular flexibility index (Phi) is 6.98. The van der Waals surface area contributed by atoms with Crippen LogP contribution >= 0.6 is 0 Å². The smallest absolute Gasteiger partial charge is 0.281 e. The number of hydrogen-bond acceptors (Lipinski definition) is 2. The average Bonchev–Trinajstić information content (AvgIpc) is 2.34. The van der Waals surface area contributed by atoms with Gasteiger partial charge in [0.1, 0.15) is 0 Å². The number of alkyl halides is 10. The molecule has 0 aromatic rings. The van der Waals surface area contributed by atoms with Gasteiger partial charge < -0.3 is 0 Å². The number of rotatable bonds is 9. The summed E-state index contributed by atoms with van der Waals surface area (Å²) in [7, 11) is -6.98. The fourth-order valence-electron chi connectivity index (χ4n) is 1.56. The average molecular weight is 402 g/mol. The zero-order chi connectivity index (χ0) is 19.6. The molecule has 0 saturated carbocycles. The van der Waals surface area contributed by atoms with E-state index in [2.05, 4.69) is 0 Å². The number of hydrogen-bond donors (Lipinski definition) is 1. The maximum Gasteiger partial charge on any atom is 0.438 e. The fraction of sp³-hybridized carbons (Fsp3) is 1.00. The van der Waals surface area contributed by atoms with Crippen LogP contribution in [-0.2, 0) is 10.1 Å². The highest BCUT2D eigenvalue weighted by Gasteiger charge is 2.79. The second kappa shape index (κ2) is 7.22. The molecular weight excluding hydrogens is 390 g/mol. The van der Waals surface area contributed by atoms with Crippen molar-refractivity contribution in [2.75, 3.05) is 0 Å². The molecular formula is C10H12F10O3S. The van der Waals surface area contributed by atoms with E-state index in [-0.39, 0.29) is 0 Å². The normalized spacial score (nSPS) is 16.3. The van der Waals surface area contributed by atoms with Crippen LogP contribution in [-0.4, -0.2) is 42.4 Å². The number of unbranched alkanes of at least 4 members (excludes halogenated alkanes) is 2. The summed E-state index contributed by atoms with van der Waals surface area (Å²) in [6.07, 6.45) is -13.3. The van der Waals surface area contributed by atoms with Crippen LogP contribution in [0, 0.1) is 0 Å². The van der Waals surface area contributed by atoms with Gasteiger partial charge in [0.15, 0.2) is 6.17 Å². The van der Waals surface area contributed by atoms with Crippen molar-refractivity contribution in [1.82, 2.24) is 0 Å². The Balaban J connectivity index is 4.92. The summed E-state index contributed by atoms with van der Waals surface area (Å²) < 4.78 is 155. The third-order valence-electron chi connectivity index (χ3n) is 2.92. The molecule has 0 fully saturated rings. The summed E-state index contributed by atoms with van der Waals surface area (Å²) in [4.78, 5) is 0. The first kappa shape index (κ1) is 23.2. The van der Waals surface area contributed by atoms with Gasteiger partial charge >= 0.3 is 33.4 Å². The third kappa shape index (κ3) is 5.10. The van der Waals surface area contributed by atoms with Gasteiger partial charge in [0.2, 0.25) is 0 Å². The van der Waals surface area contributed by atoms with Crippen LogP contribution in [0.15, 0.2) is 0 Å². The van der Waals surface area contributed by atoms with Gasteiger partial charge in [0, 0.05) is 6.42 Å². The van der Waals surface area contributed by atoms with Crippen molar-refractivity contribution in [1.29, 1.82) is 0 Å². The molecule has 0 aliphatic carbocycles. The molecule has 0 radical (unpaired) electrons. The van der Waals surface area contributed by atoms with E-state index >= 15 is 0 Å². The maximum atomic E-state index is 13.2. The largest absolute Gasteiger partial charge is 0.438 e. The molecule has 0 aliphatic heterocycles. The quantitative estimate of drug-likeness (QED) is 0.349. The summed E-state index contributed by atoms with van der Waals surface area (Å²) in [5, 5.41) is -6.66. The van der Waals surface area contributed by atoms with Gasteiger partial charge in [0.25, 0.3) is 0 Å². The molecule has 1 atom stereocenters. The molecule has 1 N–H and O–H groups in total. The van der Waals surface area contributed by atoms with Crippen molar-refractivity contribution in [2.45, 2.75) is 61.6 Å². The van der Waals surface area contributed by atoms with Crippen LogP contribution in [0.5, 0.6) is 0 Å². The first-order chi connectivity index (χ1) is 10.4. The lowest BCUT2D eigenvalue weighted by molar-refractivity contribution is -0.300. The van der Waals surface area contributed by atoms with Crippen LogP contribution in [0.4, 0.5) is 43.9 Å². The van der Waals surface area contributed by atoms with E-state index in [1.807, 2.05) is 0 Å². The topological polar surface area (TPSA) is 54.4 Å². The van der Waals surface area contributed by atoms with Gasteiger partial charge in [-0.3, -0.25) is 4.55 Å². The van der Waals surface area contributed by atoms with Crippen molar-refractivity contribution in [3.63, 3.8) is 0 Å². The van der Waals surface area contributed by atoms with E-state index in [0.29, 0.717) is 0 Å². The molecule has 0 amide bonds. The zero-order valence-corrected chi connectivity index (χ0v) is 12.4. The van der Waals surface area contributed by atoms with Crippen molar-refractivity contribution in [2.24, 2.45) is 0 Å². The molecule has 1 unspecified atom stereocenters. The van der Waals surface area contributed by atoms with Crippen LogP contribution in [0.25, 0.3) is 0 Å². The molecule has 0 spiro atoms. The second-order valence-corrected chi connectivity index (χ2v) is 6.33. The van der Waals surface area contributed by atoms with Crippen molar-refractivity contribution >= 4 is 10.1 Å². The Morgan fingerprint density at radius 3 is 1.67 bits per heavy atom. The zero-order valence-electron chi connectivity index (χ0n) is 11.6. The fourth-order valence-corrected chi connectivity index (χ4v) is 2.02. The highest BCUT2D eigenvalue weighted by Crippen LogP contribution is 2.50. The Labute approximate surface area is 129 Å². The van der Waals surface area contributed by atoms with Gasteiger partial charge in [-0.1, -0.05) is 12.8 Å². The lowest BCUT2D eigenvalue weighted by Crippen LogP contribution is -2.61. The van der Waals surface area contributed by atoms with E-state index in [1.54, 1.807) is 0 Å². The molecule has 0 bridgehead atoms. The Bertz CT molecular complexity index is 513. The van der Waals surface area contributed by atoms with Gasteiger partial charge in [-0.25, -0.2) is 4.39 Å². The Morgan fingerprint density at radius 2 is 1.29 bits per heavy atom. The highest BCUT2D eigenvalue weighted by atomic mass is 32.2. The predicted octanol–water partition coefficient (Wildman–Crippen LogP) is 4.59. The van der Waals surface area contributed by atoms with Crippen LogP contribution in [0.2, 0.25) is 0 Å². The highest BCUT2D eigenvalue weighted by molar-refractivity contribution is 7.87. The Morgan fingerprint density at radius 1 is 0.833 bits per heavy atom. The van der Waals surface area contributed by atoms with Crippen LogP contribution in [0.1, 0.15) is 32.1 Å². The molecule has 0 aromatic carbocycles. The van der Waals surface area contributed by atoms with Crippen LogP contribution in [0.3, 0.4) is 0 Å². The van der Waals surface area contributed by atoms with Gasteiger partial charge in [0.05, 0.1) is 0 Å². The monoisotopic (exact) mass is 402 g/mol. The molecule has 0 rings (SSSR count). The molecule has 0 saturated heterocycles. The van der Waals surface area contributed by atoms with Gasteiger partial charge in [-0.15, -0.1) is 0 Å². The molecule has 146 valence electrons. The molecule has 14 heteroatoms. The summed E-state index contributed by atoms with van der Waals surface area (Å²) in [6, 6.07) is 0. The minimum Gasteiger partial charge on any atom is -0.281 e. The first-order valence-corrected chi connectivity index (χ1v) is 7.63. The van der Waals surface area contributed by atoms with E-state index in [9.17, 15) is 52.3 Å². The minimum absolute atomic E-state index is 0.504. The number of halogens is 10. The second-order valence-electron chi connectivity index (χ2n) is 4.87.